The van der Waals surface area contributed by atoms with Crippen LogP contribution in [0.4, 0.5) is 0 Å². The lowest BCUT2D eigenvalue weighted by atomic mass is 10.1. The lowest BCUT2D eigenvalue weighted by Gasteiger charge is -2.22. The number of nitrogens with zero attached hydrogens (tertiary/aromatic N) is 2. The summed E-state index contributed by atoms with van der Waals surface area (Å²) in [5.41, 5.74) is 0. The molecular formula is C13H31N3O. The maximum atomic E-state index is 9.31. The van der Waals surface area contributed by atoms with E-state index in [2.05, 4.69) is 43.3 Å². The van der Waals surface area contributed by atoms with E-state index in [1.54, 1.807) is 0 Å². The average Bonchev–Trinajstić information content (AvgIpc) is 2.20. The fourth-order valence-electron chi connectivity index (χ4n) is 1.75. The minimum Gasteiger partial charge on any atom is -0.392 e. The summed E-state index contributed by atoms with van der Waals surface area (Å²) in [6.07, 6.45) is 3.27. The number of aliphatic hydroxyl groups is 1. The first-order chi connectivity index (χ1) is 7.91. The van der Waals surface area contributed by atoms with Crippen LogP contribution < -0.4 is 5.32 Å². The van der Waals surface area contributed by atoms with Crippen molar-refractivity contribution in [3.05, 3.63) is 0 Å². The summed E-state index contributed by atoms with van der Waals surface area (Å²) in [5, 5.41) is 12.8. The van der Waals surface area contributed by atoms with Gasteiger partial charge >= 0.3 is 0 Å². The zero-order valence-corrected chi connectivity index (χ0v) is 12.2. The average molecular weight is 245 g/mol. The van der Waals surface area contributed by atoms with E-state index in [9.17, 15) is 5.11 Å². The first kappa shape index (κ1) is 16.8. The van der Waals surface area contributed by atoms with Gasteiger partial charge in [0.05, 0.1) is 6.10 Å². The van der Waals surface area contributed by atoms with Crippen LogP contribution in [0.5, 0.6) is 0 Å². The molecule has 0 aliphatic rings. The largest absolute Gasteiger partial charge is 0.392 e. The van der Waals surface area contributed by atoms with Crippen LogP contribution in [-0.4, -0.2) is 74.9 Å². The van der Waals surface area contributed by atoms with Gasteiger partial charge in [0.2, 0.25) is 0 Å². The molecule has 0 aromatic carbocycles. The van der Waals surface area contributed by atoms with E-state index in [1.165, 1.54) is 12.8 Å². The monoisotopic (exact) mass is 245 g/mol. The second kappa shape index (κ2) is 9.83. The topological polar surface area (TPSA) is 38.7 Å². The lowest BCUT2D eigenvalue weighted by Crippen LogP contribution is -2.37. The van der Waals surface area contributed by atoms with Crippen molar-refractivity contribution in [2.24, 2.45) is 0 Å². The molecule has 0 saturated heterocycles. The van der Waals surface area contributed by atoms with Gasteiger partial charge in [0.25, 0.3) is 0 Å². The van der Waals surface area contributed by atoms with Gasteiger partial charge in [-0.25, -0.2) is 0 Å². The quantitative estimate of drug-likeness (QED) is 0.592. The van der Waals surface area contributed by atoms with Gasteiger partial charge < -0.3 is 20.2 Å². The third-order valence-corrected chi connectivity index (χ3v) is 2.78. The summed E-state index contributed by atoms with van der Waals surface area (Å²) >= 11 is 0. The van der Waals surface area contributed by atoms with Gasteiger partial charge in [0.1, 0.15) is 0 Å². The van der Waals surface area contributed by atoms with Crippen molar-refractivity contribution in [3.63, 3.8) is 0 Å². The molecule has 0 aliphatic carbocycles. The minimum atomic E-state index is -0.259. The van der Waals surface area contributed by atoms with Gasteiger partial charge in [-0.1, -0.05) is 0 Å². The van der Waals surface area contributed by atoms with Crippen molar-refractivity contribution in [1.82, 2.24) is 15.1 Å². The predicted octanol–water partition coefficient (Wildman–Crippen LogP) is 0.619. The highest BCUT2D eigenvalue weighted by Crippen LogP contribution is 2.04. The molecule has 0 radical (unpaired) electrons. The van der Waals surface area contributed by atoms with E-state index in [4.69, 9.17) is 0 Å². The maximum absolute atomic E-state index is 9.31. The van der Waals surface area contributed by atoms with Crippen molar-refractivity contribution < 1.29 is 5.11 Å². The van der Waals surface area contributed by atoms with E-state index >= 15 is 0 Å². The number of hydrogen-bond acceptors (Lipinski definition) is 4. The molecule has 2 N–H and O–H groups in total. The second-order valence-corrected chi connectivity index (χ2v) is 5.49. The fourth-order valence-corrected chi connectivity index (χ4v) is 1.75. The van der Waals surface area contributed by atoms with Crippen LogP contribution in [-0.2, 0) is 0 Å². The molecule has 0 fully saturated rings. The minimum absolute atomic E-state index is 0.259. The molecule has 17 heavy (non-hydrogen) atoms. The van der Waals surface area contributed by atoms with Crippen molar-refractivity contribution >= 4 is 0 Å². The van der Waals surface area contributed by atoms with E-state index in [0.717, 1.165) is 19.5 Å². The summed E-state index contributed by atoms with van der Waals surface area (Å²) in [6.45, 7) is 4.75. The van der Waals surface area contributed by atoms with Crippen LogP contribution in [0, 0.1) is 0 Å². The van der Waals surface area contributed by atoms with E-state index in [0.29, 0.717) is 12.6 Å². The first-order valence-corrected chi connectivity index (χ1v) is 6.62. The Balaban J connectivity index is 3.84. The number of rotatable bonds is 10. The first-order valence-electron chi connectivity index (χ1n) is 6.62. The molecule has 104 valence electrons. The molecule has 0 saturated carbocycles. The van der Waals surface area contributed by atoms with Crippen LogP contribution in [0.3, 0.4) is 0 Å². The van der Waals surface area contributed by atoms with Gasteiger partial charge in [0, 0.05) is 12.6 Å². The molecule has 2 unspecified atom stereocenters. The van der Waals surface area contributed by atoms with Crippen LogP contribution >= 0.6 is 0 Å². The number of aliphatic hydroxyl groups excluding tert-OH is 1. The molecule has 0 aliphatic heterocycles. The third-order valence-electron chi connectivity index (χ3n) is 2.78. The van der Waals surface area contributed by atoms with Crippen LogP contribution in [0.15, 0.2) is 0 Å². The van der Waals surface area contributed by atoms with Crippen molar-refractivity contribution in [1.29, 1.82) is 0 Å². The summed E-state index contributed by atoms with van der Waals surface area (Å²) in [7, 11) is 8.42. The van der Waals surface area contributed by atoms with Crippen molar-refractivity contribution in [2.45, 2.75) is 38.3 Å². The van der Waals surface area contributed by atoms with Crippen LogP contribution in [0.2, 0.25) is 0 Å². The Morgan fingerprint density at radius 1 is 1.00 bits per heavy atom. The van der Waals surface area contributed by atoms with Crippen LogP contribution in [0.1, 0.15) is 26.2 Å². The highest BCUT2D eigenvalue weighted by Gasteiger charge is 2.09. The Morgan fingerprint density at radius 3 is 2.06 bits per heavy atom. The van der Waals surface area contributed by atoms with Gasteiger partial charge in [-0.3, -0.25) is 0 Å². The highest BCUT2D eigenvalue weighted by atomic mass is 16.3. The number of nitrogens with one attached hydrogen (secondary N) is 1. The maximum Gasteiger partial charge on any atom is 0.0636 e. The van der Waals surface area contributed by atoms with E-state index < -0.39 is 0 Å². The molecular weight excluding hydrogens is 214 g/mol. The molecule has 0 amide bonds. The summed E-state index contributed by atoms with van der Waals surface area (Å²) in [6, 6.07) is 0.520. The SMILES string of the molecule is CC(O)CNC(CCCN(C)C)CCN(C)C. The van der Waals surface area contributed by atoms with E-state index in [-0.39, 0.29) is 6.10 Å². The van der Waals surface area contributed by atoms with Gasteiger partial charge in [-0.05, 0) is 67.5 Å². The van der Waals surface area contributed by atoms with Gasteiger partial charge in [0.15, 0.2) is 0 Å². The fraction of sp³-hybridized carbons (Fsp3) is 1.00. The Morgan fingerprint density at radius 2 is 1.59 bits per heavy atom. The zero-order valence-electron chi connectivity index (χ0n) is 12.2. The molecule has 0 spiro atoms. The lowest BCUT2D eigenvalue weighted by molar-refractivity contribution is 0.182. The molecule has 4 nitrogen and oxygen atoms in total. The Labute approximate surface area is 107 Å². The molecule has 0 bridgehead atoms. The molecule has 0 rings (SSSR count). The van der Waals surface area contributed by atoms with Crippen molar-refractivity contribution in [3.8, 4) is 0 Å². The Hall–Kier alpha value is -0.160. The third kappa shape index (κ3) is 12.1. The van der Waals surface area contributed by atoms with Gasteiger partial charge in [-0.15, -0.1) is 0 Å². The summed E-state index contributed by atoms with van der Waals surface area (Å²) in [5.74, 6) is 0. The number of hydrogen-bond donors (Lipinski definition) is 2. The van der Waals surface area contributed by atoms with Crippen molar-refractivity contribution in [2.75, 3.05) is 47.8 Å². The normalized spacial score (nSPS) is 15.5. The standard InChI is InChI=1S/C13H31N3O/c1-12(17)11-14-13(8-10-16(4)5)7-6-9-15(2)3/h12-14,17H,6-11H2,1-5H3. The Kier molecular flexibility index (Phi) is 9.74. The summed E-state index contributed by atoms with van der Waals surface area (Å²) < 4.78 is 0. The second-order valence-electron chi connectivity index (χ2n) is 5.49. The van der Waals surface area contributed by atoms with E-state index in [1.807, 2.05) is 6.92 Å². The van der Waals surface area contributed by atoms with Gasteiger partial charge in [-0.2, -0.15) is 0 Å². The zero-order chi connectivity index (χ0) is 13.3. The molecule has 4 heteroatoms. The smallest absolute Gasteiger partial charge is 0.0636 e. The van der Waals surface area contributed by atoms with Crippen LogP contribution in [0.25, 0.3) is 0 Å². The molecule has 0 aromatic rings. The highest BCUT2D eigenvalue weighted by molar-refractivity contribution is 4.70. The Bertz CT molecular complexity index is 160. The molecule has 2 atom stereocenters. The predicted molar refractivity (Wildman–Crippen MR) is 74.4 cm³/mol. The molecule has 0 aromatic heterocycles. The molecule has 0 heterocycles. The summed E-state index contributed by atoms with van der Waals surface area (Å²) in [4.78, 5) is 4.43.